The second kappa shape index (κ2) is 18.6. The molecule has 238 valence electrons. The van der Waals surface area contributed by atoms with Crippen LogP contribution < -0.4 is 73.8 Å². The summed E-state index contributed by atoms with van der Waals surface area (Å²) in [6.07, 6.45) is 2.38. The monoisotopic (exact) mass is 694 g/mol. The Kier molecular flexibility index (Phi) is 15.8. The maximum atomic E-state index is 10.9. The Labute approximate surface area is 326 Å². The first-order valence-electron chi connectivity index (χ1n) is 14.9. The molecule has 8 nitrogen and oxygen atoms in total. The maximum Gasteiger partial charge on any atom is 1.00 e. The van der Waals surface area contributed by atoms with E-state index in [1.807, 2.05) is 24.3 Å². The normalized spacial score (nSPS) is 12.8. The Morgan fingerprint density at radius 1 is 0.681 bits per heavy atom. The Morgan fingerprint density at radius 2 is 1.15 bits per heavy atom. The summed E-state index contributed by atoms with van der Waals surface area (Å²) >= 11 is 0.982. The number of fused-ring (bicyclic) bond motifs is 3. The molecule has 0 saturated heterocycles. The van der Waals surface area contributed by atoms with Gasteiger partial charge in [-0.25, -0.2) is 8.42 Å². The van der Waals surface area contributed by atoms with Crippen molar-refractivity contribution in [2.75, 3.05) is 24.7 Å². The third-order valence-electron chi connectivity index (χ3n) is 8.05. The predicted molar refractivity (Wildman–Crippen MR) is 172 cm³/mol. The summed E-state index contributed by atoms with van der Waals surface area (Å²) in [4.78, 5) is 0. The molecule has 0 radical (unpaired) electrons. The summed E-state index contributed by atoms with van der Waals surface area (Å²) in [5.41, 5.74) is 8.81. The van der Waals surface area contributed by atoms with E-state index in [4.69, 9.17) is 9.47 Å². The molecule has 0 aliphatic heterocycles. The average Bonchev–Trinajstić information content (AvgIpc) is 3.29. The van der Waals surface area contributed by atoms with E-state index in [1.165, 1.54) is 33.4 Å². The zero-order valence-electron chi connectivity index (χ0n) is 27.3. The van der Waals surface area contributed by atoms with E-state index in [0.717, 1.165) is 41.8 Å². The van der Waals surface area contributed by atoms with Crippen LogP contribution in [-0.2, 0) is 24.9 Å². The molecule has 0 bridgehead atoms. The van der Waals surface area contributed by atoms with E-state index in [2.05, 4.69) is 83.9 Å². The number of unbranched alkanes of at least 4 members (excludes halogenated alkanes) is 2. The molecule has 0 fully saturated rings. The molecule has 0 N–H and O–H groups in total. The Bertz CT molecular complexity index is 1650. The van der Waals surface area contributed by atoms with Crippen LogP contribution in [-0.4, -0.2) is 37.7 Å². The number of aryl methyl sites for hydroxylation is 2. The zero-order valence-corrected chi connectivity index (χ0v) is 33.0. The standard InChI is InChI=1S/C35H38O8S2.2Na/c1-25-7-17-31-32-18-8-26(2)24-34(32)35(33(31)23-25,27-9-13-29(14-10-27)40-19-3-5-21-44-43-42-36)28-11-15-30(16-12-28)41-20-4-6-22-45(37,38)39;;/h7-18,23-24,36H,3-6,19-22H2,1-2H3,(H,37,38,39);;/q;2*+1/p-2. The minimum absolute atomic E-state index is 0. The van der Waals surface area contributed by atoms with Gasteiger partial charge in [0, 0.05) is 23.5 Å². The zero-order chi connectivity index (χ0) is 31.9. The fourth-order valence-electron chi connectivity index (χ4n) is 6.02. The van der Waals surface area contributed by atoms with Crippen molar-refractivity contribution >= 4 is 22.2 Å². The summed E-state index contributed by atoms with van der Waals surface area (Å²) < 4.78 is 48.9. The van der Waals surface area contributed by atoms with Crippen molar-refractivity contribution in [2.45, 2.75) is 44.9 Å². The molecule has 0 atom stereocenters. The van der Waals surface area contributed by atoms with Gasteiger partial charge in [0.25, 0.3) is 0 Å². The van der Waals surface area contributed by atoms with E-state index in [-0.39, 0.29) is 71.3 Å². The first kappa shape index (κ1) is 40.1. The smallest absolute Gasteiger partial charge is 0.748 e. The summed E-state index contributed by atoms with van der Waals surface area (Å²) in [5, 5.41) is 13.3. The topological polar surface area (TPSA) is 117 Å². The van der Waals surface area contributed by atoms with Crippen LogP contribution in [0.4, 0.5) is 0 Å². The molecule has 1 aliphatic rings. The summed E-state index contributed by atoms with van der Waals surface area (Å²) in [6.45, 7) is 5.10. The van der Waals surface area contributed by atoms with Crippen LogP contribution >= 0.6 is 12.0 Å². The minimum atomic E-state index is -4.22. The molecular weight excluding hydrogens is 658 g/mol. The van der Waals surface area contributed by atoms with Gasteiger partial charge >= 0.3 is 59.1 Å². The second-order valence-corrected chi connectivity index (χ2v) is 13.5. The molecule has 0 heterocycles. The third kappa shape index (κ3) is 9.87. The summed E-state index contributed by atoms with van der Waals surface area (Å²) in [5.74, 6) is 1.72. The van der Waals surface area contributed by atoms with E-state index in [1.54, 1.807) is 0 Å². The van der Waals surface area contributed by atoms with Gasteiger partial charge in [0.05, 0.1) is 28.7 Å². The molecule has 0 spiro atoms. The van der Waals surface area contributed by atoms with Gasteiger partial charge < -0.3 is 19.3 Å². The van der Waals surface area contributed by atoms with Gasteiger partial charge in [-0.05, 0) is 97.2 Å². The van der Waals surface area contributed by atoms with Gasteiger partial charge in [-0.15, -0.1) is 0 Å². The van der Waals surface area contributed by atoms with Crippen LogP contribution in [0, 0.1) is 13.8 Å². The van der Waals surface area contributed by atoms with Crippen molar-refractivity contribution in [2.24, 2.45) is 0 Å². The molecule has 4 aromatic rings. The van der Waals surface area contributed by atoms with Crippen LogP contribution in [0.25, 0.3) is 11.1 Å². The molecule has 0 saturated carbocycles. The van der Waals surface area contributed by atoms with E-state index in [9.17, 15) is 18.2 Å². The first-order valence-corrected chi connectivity index (χ1v) is 17.4. The SMILES string of the molecule is Cc1ccc2c(c1)C(c1ccc(OCCCCSOO[O-])cc1)(c1ccc(OCCCCS(=O)(=O)[O-])cc1)c1cc(C)ccc1-2.[Na+].[Na+]. The molecule has 5 rings (SSSR count). The van der Waals surface area contributed by atoms with E-state index in [0.29, 0.717) is 31.1 Å². The molecule has 1 aliphatic carbocycles. The third-order valence-corrected chi connectivity index (χ3v) is 9.44. The average molecular weight is 695 g/mol. The molecule has 4 aromatic carbocycles. The van der Waals surface area contributed by atoms with Crippen LogP contribution in [0.1, 0.15) is 59.1 Å². The van der Waals surface area contributed by atoms with Crippen molar-refractivity contribution in [3.63, 3.8) is 0 Å². The van der Waals surface area contributed by atoms with Crippen molar-refractivity contribution in [1.82, 2.24) is 0 Å². The Morgan fingerprint density at radius 3 is 1.60 bits per heavy atom. The van der Waals surface area contributed by atoms with Crippen LogP contribution in [0.3, 0.4) is 0 Å². The van der Waals surface area contributed by atoms with E-state index >= 15 is 0 Å². The second-order valence-electron chi connectivity index (χ2n) is 11.2. The molecule has 0 aromatic heterocycles. The van der Waals surface area contributed by atoms with Crippen molar-refractivity contribution < 1.29 is 96.2 Å². The van der Waals surface area contributed by atoms with Gasteiger partial charge in [-0.3, -0.25) is 5.04 Å². The number of benzene rings is 4. The van der Waals surface area contributed by atoms with Crippen LogP contribution in [0.15, 0.2) is 84.9 Å². The number of hydrogen-bond acceptors (Lipinski definition) is 9. The van der Waals surface area contributed by atoms with Gasteiger partial charge in [-0.2, -0.15) is 4.33 Å². The van der Waals surface area contributed by atoms with Crippen LogP contribution in [0.5, 0.6) is 11.5 Å². The van der Waals surface area contributed by atoms with Crippen molar-refractivity contribution in [3.8, 4) is 22.6 Å². The van der Waals surface area contributed by atoms with Gasteiger partial charge in [0.2, 0.25) is 0 Å². The number of rotatable bonds is 16. The van der Waals surface area contributed by atoms with Gasteiger partial charge in [-0.1, -0.05) is 71.8 Å². The Balaban J connectivity index is 0.00000300. The summed E-state index contributed by atoms with van der Waals surface area (Å²) in [6, 6.07) is 29.7. The van der Waals surface area contributed by atoms with E-state index < -0.39 is 15.5 Å². The van der Waals surface area contributed by atoms with Crippen molar-refractivity contribution in [3.05, 3.63) is 118 Å². The number of ether oxygens (including phenoxy) is 2. The molecular formula is C35H36Na2O8S2. The van der Waals surface area contributed by atoms with Crippen LogP contribution in [0.2, 0.25) is 0 Å². The Hall–Kier alpha value is -1.38. The molecule has 0 amide bonds. The van der Waals surface area contributed by atoms with Gasteiger partial charge in [0.1, 0.15) is 11.5 Å². The quantitative estimate of drug-likeness (QED) is 0.0362. The first-order chi connectivity index (χ1) is 21.7. The minimum Gasteiger partial charge on any atom is -0.748 e. The maximum absolute atomic E-state index is 10.9. The molecule has 47 heavy (non-hydrogen) atoms. The fourth-order valence-corrected chi connectivity index (χ4v) is 7.01. The molecule has 0 unspecified atom stereocenters. The molecule has 12 heteroatoms. The fraction of sp³-hybridized carbons (Fsp3) is 0.314. The largest absolute Gasteiger partial charge is 1.00 e. The number of hydrogen-bond donors (Lipinski definition) is 0. The van der Waals surface area contributed by atoms with Crippen molar-refractivity contribution in [1.29, 1.82) is 0 Å². The summed E-state index contributed by atoms with van der Waals surface area (Å²) in [7, 11) is -4.22. The van der Waals surface area contributed by atoms with Gasteiger partial charge in [0.15, 0.2) is 0 Å². The predicted octanol–water partition coefficient (Wildman–Crippen LogP) is 0.409.